The third-order valence-electron chi connectivity index (χ3n) is 11.3. The van der Waals surface area contributed by atoms with Gasteiger partial charge in [-0.2, -0.15) is 0 Å². The zero-order valence-corrected chi connectivity index (χ0v) is 39.1. The summed E-state index contributed by atoms with van der Waals surface area (Å²) < 4.78 is 11.5. The van der Waals surface area contributed by atoms with Crippen molar-refractivity contribution in [3.63, 3.8) is 0 Å². The van der Waals surface area contributed by atoms with Crippen molar-refractivity contribution in [2.24, 2.45) is 0 Å². The van der Waals surface area contributed by atoms with Gasteiger partial charge in [-0.3, -0.25) is 9.59 Å². The number of nitrogens with zero attached hydrogens (tertiary/aromatic N) is 2. The Balaban J connectivity index is 4.51. The van der Waals surface area contributed by atoms with Gasteiger partial charge in [-0.05, 0) is 78.3 Å². The molecule has 0 fully saturated rings. The van der Waals surface area contributed by atoms with Crippen LogP contribution in [0.2, 0.25) is 0 Å². The summed E-state index contributed by atoms with van der Waals surface area (Å²) in [5.41, 5.74) is 0. The van der Waals surface area contributed by atoms with Gasteiger partial charge in [0.05, 0.1) is 12.7 Å². The Hall–Kier alpha value is -1.87. The molecular formula is C49H97N3O6. The summed E-state index contributed by atoms with van der Waals surface area (Å²) in [6.07, 6.45) is 36.5. The fourth-order valence-electron chi connectivity index (χ4n) is 7.62. The number of hydrogen-bond acceptors (Lipinski definition) is 7. The molecule has 0 aromatic heterocycles. The van der Waals surface area contributed by atoms with Crippen molar-refractivity contribution < 1.29 is 29.0 Å². The molecule has 0 saturated carbocycles. The maximum atomic E-state index is 13.2. The monoisotopic (exact) mass is 824 g/mol. The van der Waals surface area contributed by atoms with E-state index in [1.807, 2.05) is 23.9 Å². The normalized spacial score (nSPS) is 12.0. The Morgan fingerprint density at radius 1 is 0.517 bits per heavy atom. The highest BCUT2D eigenvalue weighted by Gasteiger charge is 2.16. The number of hydrogen-bond donors (Lipinski definition) is 2. The molecule has 9 nitrogen and oxygen atoms in total. The second-order valence-electron chi connectivity index (χ2n) is 17.5. The van der Waals surface area contributed by atoms with Crippen molar-refractivity contribution in [2.75, 3.05) is 46.9 Å². The molecule has 0 aromatic rings. The molecule has 0 heterocycles. The van der Waals surface area contributed by atoms with E-state index < -0.39 is 6.10 Å². The second kappa shape index (κ2) is 43.2. The Kier molecular flexibility index (Phi) is 41.8. The number of unbranched alkanes of at least 4 members (excludes halogenated alkanes) is 24. The number of nitrogens with one attached hydrogen (secondary N) is 1. The lowest BCUT2D eigenvalue weighted by molar-refractivity contribution is -0.150. The second-order valence-corrected chi connectivity index (χ2v) is 17.5. The molecule has 0 aliphatic heterocycles. The summed E-state index contributed by atoms with van der Waals surface area (Å²) in [6.45, 7) is 9.73. The Morgan fingerprint density at radius 2 is 0.931 bits per heavy atom. The van der Waals surface area contributed by atoms with Crippen LogP contribution in [0.5, 0.6) is 0 Å². The predicted molar refractivity (Wildman–Crippen MR) is 244 cm³/mol. The van der Waals surface area contributed by atoms with E-state index in [9.17, 15) is 19.5 Å². The minimum atomic E-state index is -0.467. The van der Waals surface area contributed by atoms with Gasteiger partial charge in [-0.1, -0.05) is 162 Å². The first kappa shape index (κ1) is 56.1. The number of ether oxygens (including phenoxy) is 2. The number of aliphatic hydroxyl groups is 1. The smallest absolute Gasteiger partial charge is 0.317 e. The number of rotatable bonds is 44. The van der Waals surface area contributed by atoms with Gasteiger partial charge in [-0.25, -0.2) is 4.79 Å². The number of amides is 2. The first-order valence-corrected chi connectivity index (χ1v) is 24.9. The van der Waals surface area contributed by atoms with Crippen molar-refractivity contribution in [2.45, 2.75) is 251 Å². The van der Waals surface area contributed by atoms with Crippen molar-refractivity contribution in [3.8, 4) is 0 Å². The topological polar surface area (TPSA) is 108 Å². The number of carbonyl (C=O) groups excluding carboxylic acids is 3. The number of likely N-dealkylation sites (N-methyl/N-ethyl adjacent to an activating group) is 1. The molecule has 1 atom stereocenters. The molecule has 9 heteroatoms. The molecule has 0 spiro atoms. The Bertz CT molecular complexity index is 903. The average molecular weight is 824 g/mol. The highest BCUT2D eigenvalue weighted by Crippen LogP contribution is 2.19. The maximum Gasteiger partial charge on any atom is 0.317 e. The fraction of sp³-hybridized carbons (Fsp3) is 0.939. The number of aliphatic hydroxyl groups excluding tert-OH is 1. The van der Waals surface area contributed by atoms with Crippen LogP contribution in [0.3, 0.4) is 0 Å². The molecule has 0 aliphatic rings. The van der Waals surface area contributed by atoms with Crippen LogP contribution in [0, 0.1) is 0 Å². The van der Waals surface area contributed by atoms with Gasteiger partial charge in [0.25, 0.3) is 0 Å². The van der Waals surface area contributed by atoms with E-state index in [0.717, 1.165) is 103 Å². The van der Waals surface area contributed by atoms with E-state index in [4.69, 9.17) is 9.47 Å². The number of esters is 2. The lowest BCUT2D eigenvalue weighted by Crippen LogP contribution is -2.42. The summed E-state index contributed by atoms with van der Waals surface area (Å²) >= 11 is 0. The van der Waals surface area contributed by atoms with Gasteiger partial charge in [0.15, 0.2) is 0 Å². The summed E-state index contributed by atoms with van der Waals surface area (Å²) in [7, 11) is 3.87. The molecule has 2 N–H and O–H groups in total. The molecule has 2 amide bonds. The van der Waals surface area contributed by atoms with E-state index >= 15 is 0 Å². The highest BCUT2D eigenvalue weighted by atomic mass is 16.5. The van der Waals surface area contributed by atoms with Crippen LogP contribution in [0.25, 0.3) is 0 Å². The van der Waals surface area contributed by atoms with Crippen LogP contribution in [0.15, 0.2) is 0 Å². The van der Waals surface area contributed by atoms with Crippen LogP contribution in [-0.4, -0.2) is 92.0 Å². The van der Waals surface area contributed by atoms with Crippen molar-refractivity contribution in [3.05, 3.63) is 0 Å². The fourth-order valence-corrected chi connectivity index (χ4v) is 7.62. The minimum Gasteiger partial charge on any atom is -0.466 e. The van der Waals surface area contributed by atoms with Gasteiger partial charge < -0.3 is 29.7 Å². The third-order valence-corrected chi connectivity index (χ3v) is 11.3. The maximum absolute atomic E-state index is 13.2. The van der Waals surface area contributed by atoms with Crippen molar-refractivity contribution in [1.29, 1.82) is 0 Å². The molecule has 1 unspecified atom stereocenters. The van der Waals surface area contributed by atoms with Gasteiger partial charge in [0, 0.05) is 39.0 Å². The van der Waals surface area contributed by atoms with E-state index in [-0.39, 0.29) is 24.1 Å². The first-order valence-electron chi connectivity index (χ1n) is 24.9. The summed E-state index contributed by atoms with van der Waals surface area (Å²) in [6, 6.07) is -0.0556. The summed E-state index contributed by atoms with van der Waals surface area (Å²) in [4.78, 5) is 42.0. The lowest BCUT2D eigenvalue weighted by atomic mass is 10.0. The van der Waals surface area contributed by atoms with Crippen LogP contribution in [0.4, 0.5) is 4.79 Å². The molecule has 58 heavy (non-hydrogen) atoms. The standard InChI is InChI=1S/C49H97N3O6/c1-6-9-12-15-18-27-34-43-57-47(54)37-30-23-19-25-32-41-52(49(56)50-40-39-45(53)44-51(4)5)42-33-26-20-24-31-38-48(55)58-46(35-28-21-16-13-10-7-2)36-29-22-17-14-11-8-3/h45-46,53H,6-44H2,1-5H3,(H,50,56). The molecule has 0 saturated heterocycles. The first-order chi connectivity index (χ1) is 28.2. The van der Waals surface area contributed by atoms with Crippen LogP contribution in [-0.2, 0) is 19.1 Å². The van der Waals surface area contributed by atoms with E-state index in [1.54, 1.807) is 0 Å². The number of urea groups is 1. The van der Waals surface area contributed by atoms with E-state index in [1.165, 1.54) is 96.3 Å². The van der Waals surface area contributed by atoms with Gasteiger partial charge in [-0.15, -0.1) is 0 Å². The molecule has 0 radical (unpaired) electrons. The predicted octanol–water partition coefficient (Wildman–Crippen LogP) is 12.7. The molecule has 344 valence electrons. The highest BCUT2D eigenvalue weighted by molar-refractivity contribution is 5.74. The van der Waals surface area contributed by atoms with Crippen LogP contribution >= 0.6 is 0 Å². The van der Waals surface area contributed by atoms with Gasteiger partial charge in [0.2, 0.25) is 0 Å². The molecule has 0 bridgehead atoms. The van der Waals surface area contributed by atoms with Crippen molar-refractivity contribution in [1.82, 2.24) is 15.1 Å². The van der Waals surface area contributed by atoms with Crippen molar-refractivity contribution >= 4 is 18.0 Å². The Labute approximate surface area is 359 Å². The zero-order chi connectivity index (χ0) is 42.7. The lowest BCUT2D eigenvalue weighted by Gasteiger charge is -2.24. The minimum absolute atomic E-state index is 0.0285. The van der Waals surface area contributed by atoms with E-state index in [2.05, 4.69) is 26.1 Å². The van der Waals surface area contributed by atoms with Gasteiger partial charge >= 0.3 is 18.0 Å². The molecule has 0 aliphatic carbocycles. The quantitative estimate of drug-likeness (QED) is 0.0465. The van der Waals surface area contributed by atoms with Crippen LogP contribution in [0.1, 0.15) is 239 Å². The summed E-state index contributed by atoms with van der Waals surface area (Å²) in [5, 5.41) is 13.3. The SMILES string of the molecule is CCCCCCCCCOC(=O)CCCCCCCN(CCCCCCCC(=O)OC(CCCCCCCC)CCCCCCCC)C(=O)NCCC(O)CN(C)C. The molecule has 0 rings (SSSR count). The zero-order valence-electron chi connectivity index (χ0n) is 39.1. The molecular weight excluding hydrogens is 727 g/mol. The Morgan fingerprint density at radius 3 is 1.41 bits per heavy atom. The van der Waals surface area contributed by atoms with Gasteiger partial charge in [0.1, 0.15) is 6.10 Å². The van der Waals surface area contributed by atoms with E-state index in [0.29, 0.717) is 52.0 Å². The van der Waals surface area contributed by atoms with Crippen LogP contribution < -0.4 is 5.32 Å². The largest absolute Gasteiger partial charge is 0.466 e. The average Bonchev–Trinajstić information content (AvgIpc) is 3.19. The third kappa shape index (κ3) is 39.6. The molecule has 0 aromatic carbocycles. The summed E-state index contributed by atoms with van der Waals surface area (Å²) in [5.74, 6) is -0.102. The number of carbonyl (C=O) groups is 3.